The first-order valence-corrected chi connectivity index (χ1v) is 3.68. The molecule has 0 spiro atoms. The molecule has 1 saturated carbocycles. The van der Waals surface area contributed by atoms with Crippen molar-refractivity contribution in [3.05, 3.63) is 0 Å². The third-order valence-electron chi connectivity index (χ3n) is 1.97. The Morgan fingerprint density at radius 3 is 2.70 bits per heavy atom. The summed E-state index contributed by atoms with van der Waals surface area (Å²) in [4.78, 5) is 0. The lowest BCUT2D eigenvalue weighted by Crippen LogP contribution is -2.38. The van der Waals surface area contributed by atoms with Crippen molar-refractivity contribution < 1.29 is 0 Å². The van der Waals surface area contributed by atoms with E-state index in [1.165, 1.54) is 12.8 Å². The van der Waals surface area contributed by atoms with Crippen LogP contribution in [0.1, 0.15) is 19.8 Å². The van der Waals surface area contributed by atoms with E-state index in [1.54, 1.807) is 0 Å². The van der Waals surface area contributed by atoms with Gasteiger partial charge < -0.3 is 5.73 Å². The van der Waals surface area contributed by atoms with Crippen molar-refractivity contribution in [1.82, 2.24) is 5.32 Å². The minimum atomic E-state index is 0.268. The first-order chi connectivity index (χ1) is 4.83. The molecule has 0 amide bonds. The van der Waals surface area contributed by atoms with E-state index in [1.807, 2.05) is 6.92 Å². The molecule has 1 aliphatic rings. The Kier molecular flexibility index (Phi) is 2.31. The van der Waals surface area contributed by atoms with Crippen molar-refractivity contribution in [1.29, 1.82) is 0 Å². The van der Waals surface area contributed by atoms with Gasteiger partial charge in [-0.3, -0.25) is 5.32 Å². The highest BCUT2D eigenvalue weighted by Crippen LogP contribution is 2.33. The predicted molar refractivity (Wildman–Crippen MR) is 42.5 cm³/mol. The molecule has 0 atom stereocenters. The minimum Gasteiger partial charge on any atom is -0.329 e. The zero-order valence-electron chi connectivity index (χ0n) is 6.41. The van der Waals surface area contributed by atoms with Gasteiger partial charge in [-0.05, 0) is 19.8 Å². The highest BCUT2D eigenvalue weighted by atomic mass is 15.0. The molecule has 0 radical (unpaired) electrons. The molecule has 0 aromatic heterocycles. The summed E-state index contributed by atoms with van der Waals surface area (Å²) in [5.41, 5.74) is 5.81. The third kappa shape index (κ3) is 1.73. The molecule has 10 heavy (non-hydrogen) atoms. The second-order valence-corrected chi connectivity index (χ2v) is 2.76. The van der Waals surface area contributed by atoms with Gasteiger partial charge in [0, 0.05) is 12.1 Å². The fourth-order valence-electron chi connectivity index (χ4n) is 0.924. The molecule has 0 bridgehead atoms. The average molecular weight is 138 g/mol. The van der Waals surface area contributed by atoms with E-state index in [9.17, 15) is 0 Å². The lowest BCUT2D eigenvalue weighted by molar-refractivity contribution is 0.541. The Balaban J connectivity index is 2.16. The van der Waals surface area contributed by atoms with Crippen molar-refractivity contribution >= 4 is 0 Å². The maximum absolute atomic E-state index is 5.54. The van der Waals surface area contributed by atoms with Gasteiger partial charge in [-0.2, -0.15) is 0 Å². The van der Waals surface area contributed by atoms with E-state index in [2.05, 4.69) is 17.2 Å². The first kappa shape index (κ1) is 7.59. The number of rotatable bonds is 3. The van der Waals surface area contributed by atoms with Gasteiger partial charge in [0.15, 0.2) is 0 Å². The number of hydrogen-bond acceptors (Lipinski definition) is 2. The summed E-state index contributed by atoms with van der Waals surface area (Å²) in [7, 11) is 0. The number of hydrogen-bond donors (Lipinski definition) is 2. The van der Waals surface area contributed by atoms with Crippen LogP contribution in [0.15, 0.2) is 0 Å². The standard InChI is InChI=1S/C8H14N2/c1-2-3-6-10-8(7-9)4-5-8/h10H,4-7,9H2,1H3. The molecule has 0 aliphatic heterocycles. The van der Waals surface area contributed by atoms with Crippen LogP contribution in [0, 0.1) is 11.8 Å². The number of nitrogens with two attached hydrogens (primary N) is 1. The molecule has 1 rings (SSSR count). The SMILES string of the molecule is CC#CCNC1(CN)CC1. The molecule has 2 nitrogen and oxygen atoms in total. The zero-order valence-corrected chi connectivity index (χ0v) is 6.41. The van der Waals surface area contributed by atoms with Gasteiger partial charge >= 0.3 is 0 Å². The Morgan fingerprint density at radius 2 is 2.30 bits per heavy atom. The normalized spacial score (nSPS) is 19.4. The summed E-state index contributed by atoms with van der Waals surface area (Å²) in [6.07, 6.45) is 2.43. The first-order valence-electron chi connectivity index (χ1n) is 3.68. The van der Waals surface area contributed by atoms with Crippen molar-refractivity contribution in [2.45, 2.75) is 25.3 Å². The molecule has 0 unspecified atom stereocenters. The summed E-state index contributed by atoms with van der Waals surface area (Å²) in [5.74, 6) is 5.80. The van der Waals surface area contributed by atoms with Crippen molar-refractivity contribution in [3.63, 3.8) is 0 Å². The lowest BCUT2D eigenvalue weighted by Gasteiger charge is -2.11. The van der Waals surface area contributed by atoms with Crippen LogP contribution in [0.25, 0.3) is 0 Å². The van der Waals surface area contributed by atoms with Crippen LogP contribution in [0.3, 0.4) is 0 Å². The lowest BCUT2D eigenvalue weighted by atomic mass is 10.3. The molecule has 0 heterocycles. The van der Waals surface area contributed by atoms with Gasteiger partial charge in [0.05, 0.1) is 6.54 Å². The highest BCUT2D eigenvalue weighted by molar-refractivity contribution is 5.07. The number of nitrogens with one attached hydrogen (secondary N) is 1. The third-order valence-corrected chi connectivity index (χ3v) is 1.97. The highest BCUT2D eigenvalue weighted by Gasteiger charge is 2.40. The summed E-state index contributed by atoms with van der Waals surface area (Å²) in [6, 6.07) is 0. The largest absolute Gasteiger partial charge is 0.329 e. The topological polar surface area (TPSA) is 38.0 Å². The zero-order chi connectivity index (χ0) is 7.45. The van der Waals surface area contributed by atoms with E-state index in [4.69, 9.17) is 5.73 Å². The molecule has 0 aromatic rings. The van der Waals surface area contributed by atoms with E-state index in [0.717, 1.165) is 13.1 Å². The van der Waals surface area contributed by atoms with Gasteiger partial charge in [-0.25, -0.2) is 0 Å². The second-order valence-electron chi connectivity index (χ2n) is 2.76. The van der Waals surface area contributed by atoms with Crippen molar-refractivity contribution in [2.24, 2.45) is 5.73 Å². The molecule has 2 heteroatoms. The second kappa shape index (κ2) is 3.05. The quantitative estimate of drug-likeness (QED) is 0.542. The van der Waals surface area contributed by atoms with Crippen LogP contribution in [0.5, 0.6) is 0 Å². The van der Waals surface area contributed by atoms with Gasteiger partial charge in [0.2, 0.25) is 0 Å². The molecule has 0 saturated heterocycles. The monoisotopic (exact) mass is 138 g/mol. The Hall–Kier alpha value is -0.520. The van der Waals surface area contributed by atoms with Crippen LogP contribution in [0.2, 0.25) is 0 Å². The van der Waals surface area contributed by atoms with Crippen LogP contribution in [0.4, 0.5) is 0 Å². The fraction of sp³-hybridized carbons (Fsp3) is 0.750. The van der Waals surface area contributed by atoms with Crippen LogP contribution >= 0.6 is 0 Å². The Bertz CT molecular complexity index is 160. The molecular weight excluding hydrogens is 124 g/mol. The Morgan fingerprint density at radius 1 is 1.60 bits per heavy atom. The van der Waals surface area contributed by atoms with Gasteiger partial charge in [0.1, 0.15) is 0 Å². The fourth-order valence-corrected chi connectivity index (χ4v) is 0.924. The smallest absolute Gasteiger partial charge is 0.0581 e. The summed E-state index contributed by atoms with van der Waals surface area (Å²) in [6.45, 7) is 3.38. The maximum atomic E-state index is 5.54. The van der Waals surface area contributed by atoms with E-state index in [0.29, 0.717) is 0 Å². The summed E-state index contributed by atoms with van der Waals surface area (Å²) < 4.78 is 0. The van der Waals surface area contributed by atoms with E-state index >= 15 is 0 Å². The molecule has 1 aliphatic carbocycles. The van der Waals surface area contributed by atoms with Gasteiger partial charge in [-0.15, -0.1) is 5.92 Å². The molecule has 1 fully saturated rings. The Labute approximate surface area is 62.2 Å². The summed E-state index contributed by atoms with van der Waals surface area (Å²) in [5, 5.41) is 3.32. The van der Waals surface area contributed by atoms with E-state index in [-0.39, 0.29) is 5.54 Å². The van der Waals surface area contributed by atoms with Gasteiger partial charge in [0.25, 0.3) is 0 Å². The predicted octanol–water partition coefficient (Wildman–Crippen LogP) is 0.0906. The molecule has 56 valence electrons. The minimum absolute atomic E-state index is 0.268. The average Bonchev–Trinajstić information content (AvgIpc) is 2.70. The van der Waals surface area contributed by atoms with E-state index < -0.39 is 0 Å². The van der Waals surface area contributed by atoms with Crippen LogP contribution < -0.4 is 11.1 Å². The summed E-state index contributed by atoms with van der Waals surface area (Å²) >= 11 is 0. The van der Waals surface area contributed by atoms with Crippen molar-refractivity contribution in [2.75, 3.05) is 13.1 Å². The molecule has 3 N–H and O–H groups in total. The van der Waals surface area contributed by atoms with Crippen molar-refractivity contribution in [3.8, 4) is 11.8 Å². The van der Waals surface area contributed by atoms with Crippen LogP contribution in [-0.4, -0.2) is 18.6 Å². The van der Waals surface area contributed by atoms with Gasteiger partial charge in [-0.1, -0.05) is 5.92 Å². The molecular formula is C8H14N2. The molecule has 0 aromatic carbocycles. The maximum Gasteiger partial charge on any atom is 0.0581 e. The van der Waals surface area contributed by atoms with Crippen LogP contribution in [-0.2, 0) is 0 Å².